The van der Waals surface area contributed by atoms with Crippen molar-refractivity contribution >= 4 is 43.1 Å². The molecular formula is C23H26BN5O6. The minimum Gasteiger partial charge on any atom is -0.380 e. The van der Waals surface area contributed by atoms with Gasteiger partial charge in [0.25, 0.3) is 11.8 Å². The first-order chi connectivity index (χ1) is 16.7. The highest BCUT2D eigenvalue weighted by molar-refractivity contribution is 6.58. The lowest BCUT2D eigenvalue weighted by Crippen LogP contribution is -2.51. The molecule has 182 valence electrons. The standard InChI is InChI=1S/C23H26BN5O6/c1-15(9-10-29-21(33)7-8-22(29)34)25-13-19(31)26-14-20(32)28-17(23(35)27-12-18(24)30)11-16-5-3-2-4-6-16/h2-8,17,25H,1,9-14H2,(H,26,31)(H,27,35)(H,28,32). The van der Waals surface area contributed by atoms with Crippen molar-refractivity contribution < 1.29 is 28.8 Å². The van der Waals surface area contributed by atoms with Crippen LogP contribution in [0.4, 0.5) is 0 Å². The fourth-order valence-electron chi connectivity index (χ4n) is 3.04. The van der Waals surface area contributed by atoms with Gasteiger partial charge < -0.3 is 26.1 Å². The number of rotatable bonds is 14. The van der Waals surface area contributed by atoms with E-state index in [9.17, 15) is 28.8 Å². The van der Waals surface area contributed by atoms with Gasteiger partial charge in [0.1, 0.15) is 6.04 Å². The van der Waals surface area contributed by atoms with E-state index in [1.54, 1.807) is 24.3 Å². The van der Waals surface area contributed by atoms with E-state index in [-0.39, 0.29) is 39.0 Å². The monoisotopic (exact) mass is 479 g/mol. The number of benzene rings is 1. The Morgan fingerprint density at radius 3 is 2.14 bits per heavy atom. The van der Waals surface area contributed by atoms with Crippen LogP contribution in [0.15, 0.2) is 54.8 Å². The second-order valence-corrected chi connectivity index (χ2v) is 7.64. The number of hydrogen-bond acceptors (Lipinski definition) is 7. The van der Waals surface area contributed by atoms with Crippen LogP contribution >= 0.6 is 0 Å². The zero-order chi connectivity index (χ0) is 25.8. The molecule has 1 aromatic carbocycles. The maximum Gasteiger partial charge on any atom is 0.253 e. The molecule has 35 heavy (non-hydrogen) atoms. The number of amides is 5. The van der Waals surface area contributed by atoms with Crippen LogP contribution in [0.1, 0.15) is 12.0 Å². The van der Waals surface area contributed by atoms with E-state index >= 15 is 0 Å². The van der Waals surface area contributed by atoms with Crippen molar-refractivity contribution in [2.24, 2.45) is 0 Å². The van der Waals surface area contributed by atoms with Crippen LogP contribution in [0.25, 0.3) is 0 Å². The molecule has 0 bridgehead atoms. The molecule has 0 aliphatic carbocycles. The summed E-state index contributed by atoms with van der Waals surface area (Å²) >= 11 is 0. The van der Waals surface area contributed by atoms with Crippen LogP contribution in [-0.4, -0.2) is 80.2 Å². The number of carbonyl (C=O) groups excluding carboxylic acids is 6. The van der Waals surface area contributed by atoms with Crippen LogP contribution in [0.5, 0.6) is 0 Å². The lowest BCUT2D eigenvalue weighted by atomic mass is 10.0. The quantitative estimate of drug-likeness (QED) is 0.179. The molecule has 1 heterocycles. The minimum atomic E-state index is -0.982. The van der Waals surface area contributed by atoms with E-state index in [0.29, 0.717) is 5.70 Å². The molecule has 1 unspecified atom stereocenters. The van der Waals surface area contributed by atoms with Crippen molar-refractivity contribution in [1.29, 1.82) is 0 Å². The van der Waals surface area contributed by atoms with Gasteiger partial charge in [-0.05, 0) is 5.56 Å². The predicted octanol–water partition coefficient (Wildman–Crippen LogP) is -1.94. The molecule has 1 aromatic rings. The molecular weight excluding hydrogens is 453 g/mol. The minimum absolute atomic E-state index is 0.126. The van der Waals surface area contributed by atoms with Crippen molar-refractivity contribution in [2.45, 2.75) is 18.9 Å². The van der Waals surface area contributed by atoms with Crippen LogP contribution in [0.3, 0.4) is 0 Å². The fraction of sp³-hybridized carbons (Fsp3) is 0.304. The Morgan fingerprint density at radius 1 is 0.886 bits per heavy atom. The third-order valence-electron chi connectivity index (χ3n) is 4.85. The summed E-state index contributed by atoms with van der Waals surface area (Å²) in [5.74, 6) is -2.50. The molecule has 1 aliphatic heterocycles. The third-order valence-corrected chi connectivity index (χ3v) is 4.85. The van der Waals surface area contributed by atoms with Gasteiger partial charge in [-0.1, -0.05) is 36.9 Å². The smallest absolute Gasteiger partial charge is 0.253 e. The Bertz CT molecular complexity index is 1010. The van der Waals surface area contributed by atoms with Gasteiger partial charge in [-0.2, -0.15) is 0 Å². The first-order valence-electron chi connectivity index (χ1n) is 10.8. The summed E-state index contributed by atoms with van der Waals surface area (Å²) < 4.78 is 0. The van der Waals surface area contributed by atoms with Crippen molar-refractivity contribution in [2.75, 3.05) is 26.2 Å². The van der Waals surface area contributed by atoms with Gasteiger partial charge in [0.15, 0.2) is 7.85 Å². The van der Waals surface area contributed by atoms with Gasteiger partial charge >= 0.3 is 0 Å². The topological polar surface area (TPSA) is 154 Å². The molecule has 2 radical (unpaired) electrons. The van der Waals surface area contributed by atoms with Crippen LogP contribution in [-0.2, 0) is 35.2 Å². The van der Waals surface area contributed by atoms with E-state index < -0.39 is 41.3 Å². The van der Waals surface area contributed by atoms with Crippen molar-refractivity contribution in [3.05, 3.63) is 60.3 Å². The Labute approximate surface area is 203 Å². The van der Waals surface area contributed by atoms with Gasteiger partial charge in [-0.15, -0.1) is 0 Å². The van der Waals surface area contributed by atoms with Gasteiger partial charge in [0.05, 0.1) is 25.3 Å². The van der Waals surface area contributed by atoms with Gasteiger partial charge in [0, 0.05) is 37.2 Å². The number of carbonyl (C=O) groups is 6. The molecule has 0 fully saturated rings. The summed E-state index contributed by atoms with van der Waals surface area (Å²) in [7, 11) is 5.05. The molecule has 4 N–H and O–H groups in total. The fourth-order valence-corrected chi connectivity index (χ4v) is 3.04. The highest BCUT2D eigenvalue weighted by Crippen LogP contribution is 2.06. The second-order valence-electron chi connectivity index (χ2n) is 7.64. The molecule has 1 aliphatic rings. The van der Waals surface area contributed by atoms with Crippen molar-refractivity contribution in [1.82, 2.24) is 26.2 Å². The molecule has 1 atom stereocenters. The van der Waals surface area contributed by atoms with E-state index in [1.165, 1.54) is 12.2 Å². The highest BCUT2D eigenvalue weighted by atomic mass is 16.2. The molecule has 12 heteroatoms. The summed E-state index contributed by atoms with van der Waals surface area (Å²) in [5.41, 5.74) is 0.498. The maximum absolute atomic E-state index is 12.4. The largest absolute Gasteiger partial charge is 0.380 e. The molecule has 0 aromatic heterocycles. The van der Waals surface area contributed by atoms with Gasteiger partial charge in [-0.3, -0.25) is 28.9 Å². The first-order valence-corrected chi connectivity index (χ1v) is 10.8. The predicted molar refractivity (Wildman–Crippen MR) is 126 cm³/mol. The SMILES string of the molecule is [B]C(=O)CNC(=O)C(Cc1ccccc1)NC(=O)CNC(=O)CNC(=C)CCN1C(=O)C=CC1=O. The van der Waals surface area contributed by atoms with E-state index in [4.69, 9.17) is 7.85 Å². The Hall–Kier alpha value is -4.22. The van der Waals surface area contributed by atoms with E-state index in [2.05, 4.69) is 27.8 Å². The van der Waals surface area contributed by atoms with Gasteiger partial charge in [0.2, 0.25) is 17.7 Å². The van der Waals surface area contributed by atoms with Crippen LogP contribution in [0, 0.1) is 0 Å². The van der Waals surface area contributed by atoms with Crippen LogP contribution < -0.4 is 21.3 Å². The van der Waals surface area contributed by atoms with E-state index in [0.717, 1.165) is 10.5 Å². The first kappa shape index (κ1) is 27.0. The average Bonchev–Trinajstić information content (AvgIpc) is 3.15. The zero-order valence-corrected chi connectivity index (χ0v) is 19.0. The summed E-state index contributed by atoms with van der Waals surface area (Å²) in [6, 6.07) is 7.97. The summed E-state index contributed by atoms with van der Waals surface area (Å²) in [5, 5.41) is 10.1. The van der Waals surface area contributed by atoms with Crippen molar-refractivity contribution in [3.8, 4) is 0 Å². The summed E-state index contributed by atoms with van der Waals surface area (Å²) in [6.07, 6.45) is 2.80. The average molecular weight is 479 g/mol. The maximum atomic E-state index is 12.4. The number of nitrogens with one attached hydrogen (secondary N) is 4. The number of hydrogen-bond donors (Lipinski definition) is 4. The number of nitrogens with zero attached hydrogens (tertiary/aromatic N) is 1. The van der Waals surface area contributed by atoms with Crippen molar-refractivity contribution in [3.63, 3.8) is 0 Å². The molecule has 11 nitrogen and oxygen atoms in total. The molecule has 0 saturated heterocycles. The van der Waals surface area contributed by atoms with Crippen LogP contribution in [0.2, 0.25) is 0 Å². The molecule has 5 amide bonds. The molecule has 0 saturated carbocycles. The Morgan fingerprint density at radius 2 is 1.51 bits per heavy atom. The number of imide groups is 1. The molecule has 2 rings (SSSR count). The second kappa shape index (κ2) is 13.5. The molecule has 0 spiro atoms. The Balaban J connectivity index is 1.76. The van der Waals surface area contributed by atoms with E-state index in [1.807, 2.05) is 6.07 Å². The summed E-state index contributed by atoms with van der Waals surface area (Å²) in [6.45, 7) is 2.93. The zero-order valence-electron chi connectivity index (χ0n) is 19.0. The normalized spacial score (nSPS) is 13.2. The lowest BCUT2D eigenvalue weighted by molar-refractivity contribution is -0.136. The summed E-state index contributed by atoms with van der Waals surface area (Å²) in [4.78, 5) is 71.8. The third kappa shape index (κ3) is 9.66. The Kier molecular flexibility index (Phi) is 10.4. The highest BCUT2D eigenvalue weighted by Gasteiger charge is 2.23. The lowest BCUT2D eigenvalue weighted by Gasteiger charge is -2.19. The van der Waals surface area contributed by atoms with Gasteiger partial charge in [-0.25, -0.2) is 0 Å².